The zero-order valence-electron chi connectivity index (χ0n) is 10.3. The number of hydrogen-bond donors (Lipinski definition) is 1. The highest BCUT2D eigenvalue weighted by atomic mass is 19.1. The molecule has 1 aromatic carbocycles. The maximum atomic E-state index is 13.1. The number of aromatic nitrogens is 2. The molecule has 0 amide bonds. The molecule has 0 aliphatic carbocycles. The SMILES string of the molecule is NCCn1c(=O)ccn(Cc2cccc(F)c2)c1=O. The number of nitrogens with two attached hydrogens (primary N) is 1. The van der Waals surface area contributed by atoms with Crippen LogP contribution in [0.25, 0.3) is 0 Å². The van der Waals surface area contributed by atoms with Gasteiger partial charge in [-0.1, -0.05) is 12.1 Å². The van der Waals surface area contributed by atoms with Gasteiger partial charge in [-0.25, -0.2) is 9.18 Å². The van der Waals surface area contributed by atoms with Crippen LogP contribution in [0.5, 0.6) is 0 Å². The van der Waals surface area contributed by atoms with Crippen LogP contribution >= 0.6 is 0 Å². The molecule has 0 radical (unpaired) electrons. The topological polar surface area (TPSA) is 70.0 Å². The standard InChI is InChI=1S/C13H14FN3O2/c14-11-3-1-2-10(8-11)9-16-6-4-12(18)17(7-5-15)13(16)19/h1-4,6,8H,5,7,9,15H2. The number of nitrogens with zero attached hydrogens (tertiary/aromatic N) is 2. The largest absolute Gasteiger partial charge is 0.331 e. The van der Waals surface area contributed by atoms with E-state index in [4.69, 9.17) is 5.73 Å². The monoisotopic (exact) mass is 263 g/mol. The average Bonchev–Trinajstić information content (AvgIpc) is 2.38. The van der Waals surface area contributed by atoms with Crippen molar-refractivity contribution in [1.29, 1.82) is 0 Å². The molecule has 0 atom stereocenters. The second-order valence-electron chi connectivity index (χ2n) is 4.13. The van der Waals surface area contributed by atoms with E-state index in [1.807, 2.05) is 0 Å². The Bertz CT molecular complexity index is 691. The zero-order valence-corrected chi connectivity index (χ0v) is 10.3. The van der Waals surface area contributed by atoms with Crippen LogP contribution in [0.1, 0.15) is 5.56 Å². The molecule has 6 heteroatoms. The van der Waals surface area contributed by atoms with Crippen molar-refractivity contribution < 1.29 is 4.39 Å². The molecule has 0 spiro atoms. The Balaban J connectivity index is 2.39. The van der Waals surface area contributed by atoms with Crippen molar-refractivity contribution in [2.45, 2.75) is 13.1 Å². The predicted molar refractivity (Wildman–Crippen MR) is 69.5 cm³/mol. The first kappa shape index (κ1) is 13.2. The van der Waals surface area contributed by atoms with E-state index in [0.717, 1.165) is 4.57 Å². The summed E-state index contributed by atoms with van der Waals surface area (Å²) in [6.07, 6.45) is 1.41. The smallest absolute Gasteiger partial charge is 0.329 e. The molecule has 2 aromatic rings. The first-order valence-electron chi connectivity index (χ1n) is 5.86. The highest BCUT2D eigenvalue weighted by molar-refractivity contribution is 5.16. The third-order valence-corrected chi connectivity index (χ3v) is 2.73. The summed E-state index contributed by atoms with van der Waals surface area (Å²) in [5.41, 5.74) is 5.19. The molecular formula is C13H14FN3O2. The molecule has 0 bridgehead atoms. The molecule has 2 N–H and O–H groups in total. The minimum absolute atomic E-state index is 0.168. The highest BCUT2D eigenvalue weighted by Gasteiger charge is 2.05. The summed E-state index contributed by atoms with van der Waals surface area (Å²) >= 11 is 0. The van der Waals surface area contributed by atoms with E-state index < -0.39 is 5.69 Å². The van der Waals surface area contributed by atoms with Crippen molar-refractivity contribution in [3.05, 3.63) is 68.7 Å². The first-order valence-corrected chi connectivity index (χ1v) is 5.86. The lowest BCUT2D eigenvalue weighted by molar-refractivity contribution is 0.576. The Hall–Kier alpha value is -2.21. The van der Waals surface area contributed by atoms with Crippen LogP contribution in [0.2, 0.25) is 0 Å². The number of benzene rings is 1. The quantitative estimate of drug-likeness (QED) is 0.854. The molecule has 0 saturated carbocycles. The summed E-state index contributed by atoms with van der Waals surface area (Å²) in [5, 5.41) is 0. The van der Waals surface area contributed by atoms with Gasteiger partial charge in [-0.15, -0.1) is 0 Å². The average molecular weight is 263 g/mol. The third-order valence-electron chi connectivity index (χ3n) is 2.73. The maximum Gasteiger partial charge on any atom is 0.331 e. The van der Waals surface area contributed by atoms with Gasteiger partial charge in [0, 0.05) is 25.4 Å². The van der Waals surface area contributed by atoms with Crippen LogP contribution in [0.4, 0.5) is 4.39 Å². The first-order chi connectivity index (χ1) is 9.11. The van der Waals surface area contributed by atoms with Gasteiger partial charge in [-0.05, 0) is 17.7 Å². The predicted octanol–water partition coefficient (Wildman–Crippen LogP) is 0.156. The van der Waals surface area contributed by atoms with Crippen LogP contribution < -0.4 is 17.0 Å². The third kappa shape index (κ3) is 2.97. The fourth-order valence-corrected chi connectivity index (χ4v) is 1.84. The van der Waals surface area contributed by atoms with Crippen LogP contribution in [0, 0.1) is 5.82 Å². The van der Waals surface area contributed by atoms with Gasteiger partial charge >= 0.3 is 5.69 Å². The lowest BCUT2D eigenvalue weighted by atomic mass is 10.2. The van der Waals surface area contributed by atoms with Crippen molar-refractivity contribution in [3.8, 4) is 0 Å². The second-order valence-corrected chi connectivity index (χ2v) is 4.13. The van der Waals surface area contributed by atoms with Crippen molar-refractivity contribution in [2.24, 2.45) is 5.73 Å². The normalized spacial score (nSPS) is 10.6. The minimum atomic E-state index is -0.442. The van der Waals surface area contributed by atoms with Crippen LogP contribution in [0.15, 0.2) is 46.1 Å². The van der Waals surface area contributed by atoms with Crippen LogP contribution in [0.3, 0.4) is 0 Å². The molecule has 0 saturated heterocycles. The second kappa shape index (κ2) is 5.62. The molecule has 100 valence electrons. The molecule has 1 heterocycles. The highest BCUT2D eigenvalue weighted by Crippen LogP contribution is 2.04. The Morgan fingerprint density at radius 2 is 2.00 bits per heavy atom. The molecule has 0 fully saturated rings. The van der Waals surface area contributed by atoms with Crippen LogP contribution in [-0.4, -0.2) is 15.7 Å². The number of hydrogen-bond acceptors (Lipinski definition) is 3. The molecule has 0 aliphatic rings. The fourth-order valence-electron chi connectivity index (χ4n) is 1.84. The van der Waals surface area contributed by atoms with Gasteiger partial charge in [-0.2, -0.15) is 0 Å². The van der Waals surface area contributed by atoms with Gasteiger partial charge in [0.15, 0.2) is 0 Å². The fraction of sp³-hybridized carbons (Fsp3) is 0.231. The van der Waals surface area contributed by atoms with Crippen molar-refractivity contribution in [3.63, 3.8) is 0 Å². The molecule has 5 nitrogen and oxygen atoms in total. The molecule has 0 unspecified atom stereocenters. The van der Waals surface area contributed by atoms with Crippen LogP contribution in [-0.2, 0) is 13.1 Å². The maximum absolute atomic E-state index is 13.1. The molecule has 19 heavy (non-hydrogen) atoms. The summed E-state index contributed by atoms with van der Waals surface area (Å²) < 4.78 is 15.5. The summed E-state index contributed by atoms with van der Waals surface area (Å²) in [6.45, 7) is 0.586. The van der Waals surface area contributed by atoms with Gasteiger partial charge in [-0.3, -0.25) is 13.9 Å². The van der Waals surface area contributed by atoms with Gasteiger partial charge in [0.25, 0.3) is 5.56 Å². The summed E-state index contributed by atoms with van der Waals surface area (Å²) in [7, 11) is 0. The summed E-state index contributed by atoms with van der Waals surface area (Å²) in [4.78, 5) is 23.6. The number of halogens is 1. The molecular weight excluding hydrogens is 249 g/mol. The summed E-state index contributed by atoms with van der Waals surface area (Å²) in [6, 6.07) is 7.28. The number of rotatable bonds is 4. The summed E-state index contributed by atoms with van der Waals surface area (Å²) in [5.74, 6) is -0.360. The Morgan fingerprint density at radius 3 is 2.68 bits per heavy atom. The van der Waals surface area contributed by atoms with E-state index in [2.05, 4.69) is 0 Å². The van der Waals surface area contributed by atoms with Gasteiger partial charge in [0.1, 0.15) is 5.82 Å². The van der Waals surface area contributed by atoms with Crippen molar-refractivity contribution in [1.82, 2.24) is 9.13 Å². The Labute approximate surface area is 108 Å². The Kier molecular flexibility index (Phi) is 3.91. The van der Waals surface area contributed by atoms with E-state index in [-0.39, 0.29) is 31.0 Å². The van der Waals surface area contributed by atoms with E-state index in [9.17, 15) is 14.0 Å². The van der Waals surface area contributed by atoms with Crippen molar-refractivity contribution in [2.75, 3.05) is 6.54 Å². The van der Waals surface area contributed by atoms with E-state index >= 15 is 0 Å². The van der Waals surface area contributed by atoms with Crippen molar-refractivity contribution >= 4 is 0 Å². The van der Waals surface area contributed by atoms with Gasteiger partial charge in [0.05, 0.1) is 6.54 Å². The lowest BCUT2D eigenvalue weighted by Crippen LogP contribution is -2.40. The zero-order chi connectivity index (χ0) is 13.8. The van der Waals surface area contributed by atoms with E-state index in [1.54, 1.807) is 12.1 Å². The molecule has 2 rings (SSSR count). The van der Waals surface area contributed by atoms with E-state index in [1.165, 1.54) is 29.0 Å². The van der Waals surface area contributed by atoms with Gasteiger partial charge in [0.2, 0.25) is 0 Å². The lowest BCUT2D eigenvalue weighted by Gasteiger charge is -2.09. The Morgan fingerprint density at radius 1 is 1.21 bits per heavy atom. The molecule has 0 aliphatic heterocycles. The molecule has 1 aromatic heterocycles. The minimum Gasteiger partial charge on any atom is -0.329 e. The van der Waals surface area contributed by atoms with Gasteiger partial charge < -0.3 is 5.73 Å². The van der Waals surface area contributed by atoms with E-state index in [0.29, 0.717) is 5.56 Å².